The summed E-state index contributed by atoms with van der Waals surface area (Å²) in [6, 6.07) is 16.1. The predicted molar refractivity (Wildman–Crippen MR) is 121 cm³/mol. The quantitative estimate of drug-likeness (QED) is 0.616. The molecule has 1 atom stereocenters. The zero-order valence-electron chi connectivity index (χ0n) is 18.4. The highest BCUT2D eigenvalue weighted by molar-refractivity contribution is 6.01. The van der Waals surface area contributed by atoms with Crippen LogP contribution in [0.4, 0.5) is 5.82 Å². The molecule has 3 aliphatic rings. The molecule has 3 heterocycles. The number of aromatic nitrogens is 2. The largest absolute Gasteiger partial charge is 0.454 e. The van der Waals surface area contributed by atoms with Crippen molar-refractivity contribution >= 4 is 11.6 Å². The van der Waals surface area contributed by atoms with Gasteiger partial charge in [0, 0.05) is 29.2 Å². The molecule has 162 valence electrons. The van der Waals surface area contributed by atoms with Gasteiger partial charge in [-0.15, -0.1) is 0 Å². The number of allylic oxidation sites excluding steroid dienone is 2. The summed E-state index contributed by atoms with van der Waals surface area (Å²) >= 11 is 0. The monoisotopic (exact) mass is 427 g/mol. The van der Waals surface area contributed by atoms with Gasteiger partial charge in [-0.05, 0) is 48.6 Å². The molecule has 3 aromatic rings. The topological polar surface area (TPSA) is 65.4 Å². The number of hydrogen-bond acceptors (Lipinski definition) is 5. The zero-order valence-corrected chi connectivity index (χ0v) is 18.4. The first-order valence-corrected chi connectivity index (χ1v) is 11.0. The van der Waals surface area contributed by atoms with Crippen molar-refractivity contribution in [2.75, 3.05) is 12.1 Å². The summed E-state index contributed by atoms with van der Waals surface area (Å²) in [6.45, 7) is 6.55. The van der Waals surface area contributed by atoms with E-state index >= 15 is 0 Å². The summed E-state index contributed by atoms with van der Waals surface area (Å²) in [5.41, 5.74) is 5.71. The lowest BCUT2D eigenvalue weighted by Gasteiger charge is -2.38. The zero-order chi connectivity index (χ0) is 22.0. The molecular formula is C26H25N3O3. The number of rotatable bonds is 2. The summed E-state index contributed by atoms with van der Waals surface area (Å²) in [5.74, 6) is 2.40. The normalized spacial score (nSPS) is 20.6. The number of nitrogens with zero attached hydrogens (tertiary/aromatic N) is 2. The first-order valence-electron chi connectivity index (χ1n) is 11.0. The first kappa shape index (κ1) is 19.2. The Hall–Kier alpha value is -3.54. The Morgan fingerprint density at radius 2 is 1.84 bits per heavy atom. The van der Waals surface area contributed by atoms with E-state index < -0.39 is 0 Å². The van der Waals surface area contributed by atoms with Crippen LogP contribution in [-0.2, 0) is 4.79 Å². The highest BCUT2D eigenvalue weighted by Crippen LogP contribution is 2.51. The van der Waals surface area contributed by atoms with Crippen molar-refractivity contribution in [2.24, 2.45) is 5.41 Å². The molecule has 1 aromatic heterocycles. The number of anilines is 1. The Kier molecular flexibility index (Phi) is 4.03. The molecule has 2 aliphatic heterocycles. The van der Waals surface area contributed by atoms with E-state index in [1.54, 1.807) is 0 Å². The standard InChI is InChI=1S/C26H25N3O3/c1-15-22-23(16-9-10-20-21(11-16)32-14-31-20)24-18(12-26(2,3)13-19(24)30)27-25(22)29(28-15)17-7-5-4-6-8-17/h4-11,23,27H,12-14H2,1-3H3/t23-/m1/s1. The van der Waals surface area contributed by atoms with Gasteiger partial charge in [-0.1, -0.05) is 38.1 Å². The average Bonchev–Trinajstić information content (AvgIpc) is 3.36. The molecule has 0 saturated carbocycles. The lowest BCUT2D eigenvalue weighted by Crippen LogP contribution is -2.34. The van der Waals surface area contributed by atoms with Gasteiger partial charge in [0.15, 0.2) is 17.3 Å². The van der Waals surface area contributed by atoms with Crippen LogP contribution in [-0.4, -0.2) is 22.4 Å². The molecule has 6 rings (SSSR count). The molecule has 0 saturated heterocycles. The highest BCUT2D eigenvalue weighted by atomic mass is 16.7. The van der Waals surface area contributed by atoms with Crippen LogP contribution < -0.4 is 14.8 Å². The van der Waals surface area contributed by atoms with E-state index in [1.807, 2.05) is 60.1 Å². The van der Waals surface area contributed by atoms with Crippen molar-refractivity contribution in [3.05, 3.63) is 76.6 Å². The van der Waals surface area contributed by atoms with E-state index in [1.165, 1.54) is 0 Å². The van der Waals surface area contributed by atoms with Crippen molar-refractivity contribution in [3.63, 3.8) is 0 Å². The van der Waals surface area contributed by atoms with Gasteiger partial charge < -0.3 is 14.8 Å². The number of ketones is 1. The lowest BCUT2D eigenvalue weighted by molar-refractivity contribution is -0.118. The lowest BCUT2D eigenvalue weighted by atomic mass is 9.69. The van der Waals surface area contributed by atoms with Crippen LogP contribution in [0.15, 0.2) is 59.8 Å². The predicted octanol–water partition coefficient (Wildman–Crippen LogP) is 5.11. The number of Topliss-reactive ketones (excluding diaryl/α,β-unsaturated/α-hetero) is 1. The van der Waals surface area contributed by atoms with Gasteiger partial charge in [-0.2, -0.15) is 5.10 Å². The van der Waals surface area contributed by atoms with Crippen molar-refractivity contribution in [2.45, 2.75) is 39.5 Å². The minimum atomic E-state index is -0.197. The number of para-hydroxylation sites is 1. The summed E-state index contributed by atoms with van der Waals surface area (Å²) in [5, 5.41) is 8.52. The summed E-state index contributed by atoms with van der Waals surface area (Å²) in [4.78, 5) is 13.5. The van der Waals surface area contributed by atoms with Gasteiger partial charge in [-0.3, -0.25) is 4.79 Å². The van der Waals surface area contributed by atoms with E-state index in [2.05, 4.69) is 19.2 Å². The molecule has 0 unspecified atom stereocenters. The van der Waals surface area contributed by atoms with E-state index in [-0.39, 0.29) is 23.9 Å². The molecular weight excluding hydrogens is 402 g/mol. The van der Waals surface area contributed by atoms with E-state index in [0.717, 1.165) is 57.5 Å². The molecule has 0 fully saturated rings. The number of carbonyl (C=O) groups excluding carboxylic acids is 1. The van der Waals surface area contributed by atoms with Crippen LogP contribution in [0.2, 0.25) is 0 Å². The fourth-order valence-corrected chi connectivity index (χ4v) is 5.26. The van der Waals surface area contributed by atoms with Gasteiger partial charge in [0.25, 0.3) is 0 Å². The summed E-state index contributed by atoms with van der Waals surface area (Å²) < 4.78 is 13.1. The smallest absolute Gasteiger partial charge is 0.231 e. The van der Waals surface area contributed by atoms with Crippen molar-refractivity contribution in [1.29, 1.82) is 0 Å². The Balaban J connectivity index is 1.59. The van der Waals surface area contributed by atoms with Gasteiger partial charge in [-0.25, -0.2) is 4.68 Å². The molecule has 1 N–H and O–H groups in total. The molecule has 32 heavy (non-hydrogen) atoms. The molecule has 6 heteroatoms. The van der Waals surface area contributed by atoms with Crippen LogP contribution in [0.25, 0.3) is 5.69 Å². The number of aryl methyl sites for hydroxylation is 1. The van der Waals surface area contributed by atoms with Crippen LogP contribution in [0.5, 0.6) is 11.5 Å². The Labute approximate surface area is 186 Å². The molecule has 0 radical (unpaired) electrons. The molecule has 2 aromatic carbocycles. The van der Waals surface area contributed by atoms with Gasteiger partial charge in [0.1, 0.15) is 5.82 Å². The van der Waals surface area contributed by atoms with Crippen LogP contribution >= 0.6 is 0 Å². The maximum atomic E-state index is 13.5. The highest BCUT2D eigenvalue weighted by Gasteiger charge is 2.43. The summed E-state index contributed by atoms with van der Waals surface area (Å²) in [6.07, 6.45) is 1.35. The van der Waals surface area contributed by atoms with E-state index in [0.29, 0.717) is 6.42 Å². The second-order valence-corrected chi connectivity index (χ2v) is 9.60. The maximum Gasteiger partial charge on any atom is 0.231 e. The third kappa shape index (κ3) is 2.86. The fraction of sp³-hybridized carbons (Fsp3) is 0.308. The maximum absolute atomic E-state index is 13.5. The van der Waals surface area contributed by atoms with Crippen molar-refractivity contribution < 1.29 is 14.3 Å². The van der Waals surface area contributed by atoms with Crippen LogP contribution in [0.3, 0.4) is 0 Å². The SMILES string of the molecule is Cc1nn(-c2ccccc2)c2c1[C@@H](c1ccc3c(c1)OCO3)C1=C(CC(C)(C)CC1=O)N2. The number of carbonyl (C=O) groups is 1. The van der Waals surface area contributed by atoms with Crippen LogP contribution in [0, 0.1) is 12.3 Å². The molecule has 0 bridgehead atoms. The molecule has 0 amide bonds. The van der Waals surface area contributed by atoms with Crippen molar-refractivity contribution in [3.8, 4) is 17.2 Å². The van der Waals surface area contributed by atoms with Gasteiger partial charge in [0.05, 0.1) is 11.4 Å². The number of nitrogens with one attached hydrogen (secondary N) is 1. The fourth-order valence-electron chi connectivity index (χ4n) is 5.26. The van der Waals surface area contributed by atoms with Gasteiger partial charge >= 0.3 is 0 Å². The molecule has 1 aliphatic carbocycles. The average molecular weight is 428 g/mol. The Bertz CT molecular complexity index is 1290. The molecule has 0 spiro atoms. The van der Waals surface area contributed by atoms with E-state index in [9.17, 15) is 4.79 Å². The number of benzene rings is 2. The number of ether oxygens (including phenoxy) is 2. The second kappa shape index (κ2) is 6.73. The number of hydrogen-bond donors (Lipinski definition) is 1. The number of fused-ring (bicyclic) bond motifs is 2. The minimum Gasteiger partial charge on any atom is -0.454 e. The molecule has 6 nitrogen and oxygen atoms in total. The minimum absolute atomic E-state index is 0.0908. The second-order valence-electron chi connectivity index (χ2n) is 9.60. The third-order valence-corrected chi connectivity index (χ3v) is 6.60. The first-order chi connectivity index (χ1) is 15.4. The van der Waals surface area contributed by atoms with Crippen molar-refractivity contribution in [1.82, 2.24) is 9.78 Å². The Morgan fingerprint density at radius 3 is 2.66 bits per heavy atom. The Morgan fingerprint density at radius 1 is 1.06 bits per heavy atom. The van der Waals surface area contributed by atoms with E-state index in [4.69, 9.17) is 14.6 Å². The van der Waals surface area contributed by atoms with Crippen LogP contribution in [0.1, 0.15) is 49.4 Å². The van der Waals surface area contributed by atoms with Gasteiger partial charge in [0.2, 0.25) is 6.79 Å². The summed E-state index contributed by atoms with van der Waals surface area (Å²) in [7, 11) is 0. The third-order valence-electron chi connectivity index (χ3n) is 6.60.